The summed E-state index contributed by atoms with van der Waals surface area (Å²) in [6.07, 6.45) is 9.98. The van der Waals surface area contributed by atoms with Crippen molar-refractivity contribution in [3.05, 3.63) is 0 Å². The normalized spacial score (nSPS) is 27.4. The molecule has 0 bridgehead atoms. The smallest absolute Gasteiger partial charge is 0.237 e. The summed E-state index contributed by atoms with van der Waals surface area (Å²) in [5.41, 5.74) is 0. The van der Waals surface area contributed by atoms with Crippen molar-refractivity contribution in [1.29, 1.82) is 0 Å². The highest BCUT2D eigenvalue weighted by atomic mass is 16.2. The SMILES string of the molecule is C[C@H](C1CC1)N(C(=O)CN1CCC(N2CCCCC2=O)CC1)C1CC1. The fourth-order valence-corrected chi connectivity index (χ4v) is 4.80. The minimum absolute atomic E-state index is 0.342. The molecule has 2 saturated heterocycles. The molecule has 0 aromatic heterocycles. The molecule has 0 spiro atoms. The number of amides is 2. The van der Waals surface area contributed by atoms with E-state index in [1.807, 2.05) is 0 Å². The van der Waals surface area contributed by atoms with E-state index in [-0.39, 0.29) is 0 Å². The topological polar surface area (TPSA) is 43.9 Å². The monoisotopic (exact) mass is 347 g/mol. The van der Waals surface area contributed by atoms with E-state index in [0.717, 1.165) is 57.7 Å². The van der Waals surface area contributed by atoms with Gasteiger partial charge in [0.05, 0.1) is 6.54 Å². The number of likely N-dealkylation sites (tertiary alicyclic amines) is 2. The van der Waals surface area contributed by atoms with Crippen LogP contribution in [-0.4, -0.2) is 70.8 Å². The molecule has 5 nitrogen and oxygen atoms in total. The third kappa shape index (κ3) is 4.02. The molecule has 2 aliphatic carbocycles. The van der Waals surface area contributed by atoms with Crippen LogP contribution >= 0.6 is 0 Å². The molecule has 1 atom stereocenters. The lowest BCUT2D eigenvalue weighted by molar-refractivity contribution is -0.139. The fraction of sp³-hybridized carbons (Fsp3) is 0.900. The van der Waals surface area contributed by atoms with Crippen LogP contribution in [-0.2, 0) is 9.59 Å². The van der Waals surface area contributed by atoms with Gasteiger partial charge in [-0.1, -0.05) is 0 Å². The number of hydrogen-bond donors (Lipinski definition) is 0. The second-order valence-electron chi connectivity index (χ2n) is 8.66. The highest BCUT2D eigenvalue weighted by molar-refractivity contribution is 5.79. The number of piperidine rings is 2. The van der Waals surface area contributed by atoms with Crippen molar-refractivity contribution in [2.75, 3.05) is 26.2 Å². The standard InChI is InChI=1S/C20H33N3O2/c1-15(16-5-6-16)23(18-7-8-18)20(25)14-21-12-9-17(10-13-21)22-11-3-2-4-19(22)24/h15-18H,2-14H2,1H3/t15-/m1/s1. The molecule has 140 valence electrons. The molecule has 0 aromatic rings. The minimum atomic E-state index is 0.342. The summed E-state index contributed by atoms with van der Waals surface area (Å²) >= 11 is 0. The van der Waals surface area contributed by atoms with Crippen molar-refractivity contribution in [2.24, 2.45) is 5.92 Å². The Morgan fingerprint density at radius 3 is 2.40 bits per heavy atom. The molecule has 25 heavy (non-hydrogen) atoms. The number of carbonyl (C=O) groups excluding carboxylic acids is 2. The van der Waals surface area contributed by atoms with E-state index < -0.39 is 0 Å². The van der Waals surface area contributed by atoms with Crippen LogP contribution < -0.4 is 0 Å². The van der Waals surface area contributed by atoms with Gasteiger partial charge in [0.2, 0.25) is 11.8 Å². The summed E-state index contributed by atoms with van der Waals surface area (Å²) < 4.78 is 0. The summed E-state index contributed by atoms with van der Waals surface area (Å²) in [5, 5.41) is 0. The van der Waals surface area contributed by atoms with Gasteiger partial charge in [0.25, 0.3) is 0 Å². The Bertz CT molecular complexity index is 507. The van der Waals surface area contributed by atoms with Crippen LogP contribution in [0.5, 0.6) is 0 Å². The maximum absolute atomic E-state index is 12.9. The molecule has 5 heteroatoms. The van der Waals surface area contributed by atoms with Crippen molar-refractivity contribution >= 4 is 11.8 Å². The molecule has 2 aliphatic heterocycles. The number of nitrogens with zero attached hydrogens (tertiary/aromatic N) is 3. The summed E-state index contributed by atoms with van der Waals surface area (Å²) in [4.78, 5) is 31.7. The Morgan fingerprint density at radius 2 is 1.80 bits per heavy atom. The highest BCUT2D eigenvalue weighted by Gasteiger charge is 2.42. The van der Waals surface area contributed by atoms with Gasteiger partial charge in [-0.05, 0) is 64.2 Å². The molecule has 4 rings (SSSR count). The first kappa shape index (κ1) is 17.3. The van der Waals surface area contributed by atoms with E-state index in [2.05, 4.69) is 21.6 Å². The molecule has 4 fully saturated rings. The van der Waals surface area contributed by atoms with Gasteiger partial charge in [-0.15, -0.1) is 0 Å². The lowest BCUT2D eigenvalue weighted by Gasteiger charge is -2.40. The van der Waals surface area contributed by atoms with Gasteiger partial charge in [-0.2, -0.15) is 0 Å². The van der Waals surface area contributed by atoms with E-state index >= 15 is 0 Å². The van der Waals surface area contributed by atoms with E-state index in [9.17, 15) is 9.59 Å². The molecule has 0 aromatic carbocycles. The van der Waals surface area contributed by atoms with Crippen LogP contribution in [0.1, 0.15) is 64.7 Å². The van der Waals surface area contributed by atoms with Gasteiger partial charge >= 0.3 is 0 Å². The summed E-state index contributed by atoms with van der Waals surface area (Å²) in [5.74, 6) is 1.44. The zero-order valence-electron chi connectivity index (χ0n) is 15.7. The average molecular weight is 348 g/mol. The second-order valence-corrected chi connectivity index (χ2v) is 8.66. The van der Waals surface area contributed by atoms with Crippen LogP contribution in [0.4, 0.5) is 0 Å². The van der Waals surface area contributed by atoms with E-state index in [0.29, 0.717) is 36.5 Å². The zero-order chi connectivity index (χ0) is 17.4. The lowest BCUT2D eigenvalue weighted by Crippen LogP contribution is -2.52. The Morgan fingerprint density at radius 1 is 1.08 bits per heavy atom. The van der Waals surface area contributed by atoms with Crippen molar-refractivity contribution in [3.8, 4) is 0 Å². The molecule has 2 amide bonds. The van der Waals surface area contributed by atoms with E-state index in [1.165, 1.54) is 25.7 Å². The van der Waals surface area contributed by atoms with Crippen molar-refractivity contribution in [3.63, 3.8) is 0 Å². The Hall–Kier alpha value is -1.10. The molecular weight excluding hydrogens is 314 g/mol. The van der Waals surface area contributed by atoms with Gasteiger partial charge in [0.1, 0.15) is 0 Å². The molecule has 0 unspecified atom stereocenters. The van der Waals surface area contributed by atoms with E-state index in [4.69, 9.17) is 0 Å². The van der Waals surface area contributed by atoms with Crippen LogP contribution in [0, 0.1) is 5.92 Å². The highest BCUT2D eigenvalue weighted by Crippen LogP contribution is 2.39. The molecule has 4 aliphatic rings. The van der Waals surface area contributed by atoms with Gasteiger partial charge in [-0.3, -0.25) is 14.5 Å². The summed E-state index contributed by atoms with van der Waals surface area (Å²) in [7, 11) is 0. The third-order valence-corrected chi connectivity index (χ3v) is 6.69. The summed E-state index contributed by atoms with van der Waals surface area (Å²) in [6.45, 7) is 5.68. The first-order valence-corrected chi connectivity index (χ1v) is 10.5. The van der Waals surface area contributed by atoms with Crippen LogP contribution in [0.2, 0.25) is 0 Å². The van der Waals surface area contributed by atoms with Gasteiger partial charge < -0.3 is 9.80 Å². The predicted octanol–water partition coefficient (Wildman–Crippen LogP) is 2.25. The first-order chi connectivity index (χ1) is 12.1. The maximum atomic E-state index is 12.9. The molecule has 2 saturated carbocycles. The fourth-order valence-electron chi connectivity index (χ4n) is 4.80. The van der Waals surface area contributed by atoms with Crippen molar-refractivity contribution in [2.45, 2.75) is 82.8 Å². The third-order valence-electron chi connectivity index (χ3n) is 6.69. The predicted molar refractivity (Wildman–Crippen MR) is 97.1 cm³/mol. The quantitative estimate of drug-likeness (QED) is 0.740. The van der Waals surface area contributed by atoms with Gasteiger partial charge in [-0.25, -0.2) is 0 Å². The molecule has 0 N–H and O–H groups in total. The Balaban J connectivity index is 1.27. The maximum Gasteiger partial charge on any atom is 0.237 e. The van der Waals surface area contributed by atoms with Gasteiger partial charge in [0.15, 0.2) is 0 Å². The van der Waals surface area contributed by atoms with Crippen molar-refractivity contribution in [1.82, 2.24) is 14.7 Å². The largest absolute Gasteiger partial charge is 0.340 e. The average Bonchev–Trinajstić information content (AvgIpc) is 3.49. The zero-order valence-corrected chi connectivity index (χ0v) is 15.7. The lowest BCUT2D eigenvalue weighted by atomic mass is 9.99. The van der Waals surface area contributed by atoms with E-state index in [1.54, 1.807) is 0 Å². The molecule has 0 radical (unpaired) electrons. The number of hydrogen-bond acceptors (Lipinski definition) is 3. The summed E-state index contributed by atoms with van der Waals surface area (Å²) in [6, 6.07) is 1.36. The number of carbonyl (C=O) groups is 2. The molecule has 2 heterocycles. The van der Waals surface area contributed by atoms with Crippen LogP contribution in [0.3, 0.4) is 0 Å². The Labute approximate surface area is 151 Å². The van der Waals surface area contributed by atoms with Crippen molar-refractivity contribution < 1.29 is 9.59 Å². The van der Waals surface area contributed by atoms with Gasteiger partial charge in [0, 0.05) is 44.2 Å². The molecular formula is C20H33N3O2. The second kappa shape index (κ2) is 7.26. The number of rotatable bonds is 6. The first-order valence-electron chi connectivity index (χ1n) is 10.5. The van der Waals surface area contributed by atoms with Crippen LogP contribution in [0.15, 0.2) is 0 Å². The Kier molecular flexibility index (Phi) is 5.03. The van der Waals surface area contributed by atoms with Crippen LogP contribution in [0.25, 0.3) is 0 Å². The minimum Gasteiger partial charge on any atom is -0.340 e.